The molecule has 33 heavy (non-hydrogen) atoms. The number of rotatable bonds is 11. The molecule has 1 aromatic heterocycles. The number of benzene rings is 1. The van der Waals surface area contributed by atoms with E-state index in [1.807, 2.05) is 24.3 Å². The normalized spacial score (nSPS) is 14.5. The number of para-hydroxylation sites is 1. The van der Waals surface area contributed by atoms with Gasteiger partial charge in [-0.25, -0.2) is 0 Å². The number of hydrogen-bond donors (Lipinski definition) is 7. The Balaban J connectivity index is 2.19. The van der Waals surface area contributed by atoms with E-state index < -0.39 is 60.2 Å². The Labute approximate surface area is 188 Å². The SMILES string of the molecule is CC(NC(=O)C(C)NC(=O)C(Cc1c[nH]c2ccccc12)NC(=O)C(N)CC(=O)O)C(=O)O. The van der Waals surface area contributed by atoms with Crippen LogP contribution in [0.3, 0.4) is 0 Å². The number of aliphatic carboxylic acids is 2. The average Bonchev–Trinajstić information content (AvgIpc) is 3.15. The summed E-state index contributed by atoms with van der Waals surface area (Å²) >= 11 is 0. The Bertz CT molecular complexity index is 1050. The summed E-state index contributed by atoms with van der Waals surface area (Å²) in [4.78, 5) is 62.4. The molecule has 0 saturated carbocycles. The standard InChI is InChI=1S/C21H27N5O7/c1-10(18(29)25-11(2)21(32)33)24-20(31)16(26-19(30)14(22)8-17(27)28)7-12-9-23-15-6-4-3-5-13(12)15/h3-6,9-11,14,16,23H,7-8,22H2,1-2H3,(H,24,31)(H,25,29)(H,26,30)(H,27,28)(H,32,33). The zero-order valence-electron chi connectivity index (χ0n) is 18.1. The first-order valence-electron chi connectivity index (χ1n) is 10.2. The molecule has 4 unspecified atom stereocenters. The predicted molar refractivity (Wildman–Crippen MR) is 117 cm³/mol. The van der Waals surface area contributed by atoms with Gasteiger partial charge in [0.05, 0.1) is 12.5 Å². The van der Waals surface area contributed by atoms with E-state index in [1.54, 1.807) is 6.20 Å². The number of aromatic nitrogens is 1. The highest BCUT2D eigenvalue weighted by molar-refractivity contribution is 5.95. The lowest BCUT2D eigenvalue weighted by atomic mass is 10.0. The monoisotopic (exact) mass is 461 g/mol. The van der Waals surface area contributed by atoms with Crippen molar-refractivity contribution in [3.63, 3.8) is 0 Å². The molecule has 4 atom stereocenters. The zero-order valence-corrected chi connectivity index (χ0v) is 18.1. The van der Waals surface area contributed by atoms with Gasteiger partial charge >= 0.3 is 11.9 Å². The van der Waals surface area contributed by atoms with Gasteiger partial charge in [-0.15, -0.1) is 0 Å². The Morgan fingerprint density at radius 1 is 0.939 bits per heavy atom. The smallest absolute Gasteiger partial charge is 0.325 e. The van der Waals surface area contributed by atoms with Crippen molar-refractivity contribution in [1.29, 1.82) is 0 Å². The number of aromatic amines is 1. The van der Waals surface area contributed by atoms with Gasteiger partial charge in [0.1, 0.15) is 18.1 Å². The van der Waals surface area contributed by atoms with Crippen LogP contribution in [0.5, 0.6) is 0 Å². The molecule has 8 N–H and O–H groups in total. The van der Waals surface area contributed by atoms with E-state index in [1.165, 1.54) is 13.8 Å². The van der Waals surface area contributed by atoms with E-state index in [2.05, 4.69) is 20.9 Å². The minimum Gasteiger partial charge on any atom is -0.481 e. The summed E-state index contributed by atoms with van der Waals surface area (Å²) < 4.78 is 0. The second-order valence-corrected chi connectivity index (χ2v) is 7.63. The maximum atomic E-state index is 12.9. The van der Waals surface area contributed by atoms with Gasteiger partial charge in [-0.2, -0.15) is 0 Å². The highest BCUT2D eigenvalue weighted by atomic mass is 16.4. The first kappa shape index (κ1) is 25.3. The molecular formula is C21H27N5O7. The van der Waals surface area contributed by atoms with E-state index in [4.69, 9.17) is 15.9 Å². The minimum absolute atomic E-state index is 0.0290. The van der Waals surface area contributed by atoms with Crippen LogP contribution in [0, 0.1) is 0 Å². The molecule has 2 aromatic rings. The average molecular weight is 461 g/mol. The Hall–Kier alpha value is -3.93. The molecule has 0 fully saturated rings. The van der Waals surface area contributed by atoms with Crippen LogP contribution in [-0.4, -0.2) is 69.0 Å². The van der Waals surface area contributed by atoms with Crippen LogP contribution < -0.4 is 21.7 Å². The minimum atomic E-state index is -1.38. The molecular weight excluding hydrogens is 434 g/mol. The highest BCUT2D eigenvalue weighted by Crippen LogP contribution is 2.19. The van der Waals surface area contributed by atoms with Crippen molar-refractivity contribution in [1.82, 2.24) is 20.9 Å². The van der Waals surface area contributed by atoms with Crippen molar-refractivity contribution >= 4 is 40.6 Å². The van der Waals surface area contributed by atoms with Crippen LogP contribution in [0.1, 0.15) is 25.8 Å². The number of amides is 3. The second kappa shape index (κ2) is 11.1. The van der Waals surface area contributed by atoms with E-state index in [0.717, 1.165) is 10.9 Å². The van der Waals surface area contributed by atoms with Gasteiger partial charge in [0, 0.05) is 23.5 Å². The molecule has 0 bridgehead atoms. The number of nitrogens with one attached hydrogen (secondary N) is 4. The van der Waals surface area contributed by atoms with E-state index in [0.29, 0.717) is 5.56 Å². The van der Waals surface area contributed by atoms with Gasteiger partial charge in [0.2, 0.25) is 17.7 Å². The molecule has 2 rings (SSSR count). The number of nitrogens with two attached hydrogens (primary N) is 1. The first-order valence-corrected chi connectivity index (χ1v) is 10.2. The number of fused-ring (bicyclic) bond motifs is 1. The van der Waals surface area contributed by atoms with Crippen LogP contribution in [0.4, 0.5) is 0 Å². The molecule has 0 aliphatic carbocycles. The summed E-state index contributed by atoms with van der Waals surface area (Å²) in [5, 5.41) is 25.7. The van der Waals surface area contributed by atoms with Crippen molar-refractivity contribution in [2.75, 3.05) is 0 Å². The number of carbonyl (C=O) groups is 5. The van der Waals surface area contributed by atoms with Crippen LogP contribution in [0.15, 0.2) is 30.5 Å². The van der Waals surface area contributed by atoms with Crippen LogP contribution in [-0.2, 0) is 30.4 Å². The summed E-state index contributed by atoms with van der Waals surface area (Å²) in [7, 11) is 0. The summed E-state index contributed by atoms with van der Waals surface area (Å²) in [6.45, 7) is 2.64. The number of carboxylic acids is 2. The molecule has 178 valence electrons. The maximum absolute atomic E-state index is 12.9. The Morgan fingerprint density at radius 3 is 2.21 bits per heavy atom. The number of H-pyrrole nitrogens is 1. The third-order valence-corrected chi connectivity index (χ3v) is 4.94. The van der Waals surface area contributed by atoms with Crippen molar-refractivity contribution in [2.45, 2.75) is 50.9 Å². The fourth-order valence-corrected chi connectivity index (χ4v) is 3.07. The van der Waals surface area contributed by atoms with E-state index in [-0.39, 0.29) is 6.42 Å². The van der Waals surface area contributed by atoms with Crippen molar-refractivity contribution in [2.24, 2.45) is 5.73 Å². The lowest BCUT2D eigenvalue weighted by Gasteiger charge is -2.23. The largest absolute Gasteiger partial charge is 0.481 e. The molecule has 0 aliphatic rings. The van der Waals surface area contributed by atoms with Gasteiger partial charge < -0.3 is 36.9 Å². The Kier molecular flexibility index (Phi) is 8.51. The molecule has 1 heterocycles. The fourth-order valence-electron chi connectivity index (χ4n) is 3.07. The zero-order chi connectivity index (χ0) is 24.7. The van der Waals surface area contributed by atoms with Gasteiger partial charge in [-0.1, -0.05) is 18.2 Å². The van der Waals surface area contributed by atoms with Gasteiger partial charge in [0.25, 0.3) is 0 Å². The molecule has 0 saturated heterocycles. The molecule has 0 aliphatic heterocycles. The summed E-state index contributed by atoms with van der Waals surface area (Å²) in [5.41, 5.74) is 7.13. The topological polar surface area (TPSA) is 204 Å². The van der Waals surface area contributed by atoms with Gasteiger partial charge in [-0.3, -0.25) is 24.0 Å². The molecule has 1 aromatic carbocycles. The molecule has 3 amide bonds. The summed E-state index contributed by atoms with van der Waals surface area (Å²) in [6.07, 6.45) is 1.08. The summed E-state index contributed by atoms with van der Waals surface area (Å²) in [5.74, 6) is -4.79. The van der Waals surface area contributed by atoms with Crippen molar-refractivity contribution in [3.05, 3.63) is 36.0 Å². The van der Waals surface area contributed by atoms with Crippen LogP contribution in [0.25, 0.3) is 10.9 Å². The van der Waals surface area contributed by atoms with Gasteiger partial charge in [-0.05, 0) is 25.5 Å². The van der Waals surface area contributed by atoms with E-state index in [9.17, 15) is 24.0 Å². The van der Waals surface area contributed by atoms with Crippen molar-refractivity contribution in [3.8, 4) is 0 Å². The molecule has 0 radical (unpaired) electrons. The number of carbonyl (C=O) groups excluding carboxylic acids is 3. The van der Waals surface area contributed by atoms with Crippen molar-refractivity contribution < 1.29 is 34.2 Å². The summed E-state index contributed by atoms with van der Waals surface area (Å²) in [6, 6.07) is 2.50. The fraction of sp³-hybridized carbons (Fsp3) is 0.381. The maximum Gasteiger partial charge on any atom is 0.325 e. The lowest BCUT2D eigenvalue weighted by Crippen LogP contribution is -2.56. The highest BCUT2D eigenvalue weighted by Gasteiger charge is 2.28. The molecule has 0 spiro atoms. The molecule has 12 heteroatoms. The quantitative estimate of drug-likeness (QED) is 0.223. The predicted octanol–water partition coefficient (Wildman–Crippen LogP) is -0.909. The number of carboxylic acid groups (broad SMARTS) is 2. The first-order chi connectivity index (χ1) is 15.5. The number of hydrogen-bond acceptors (Lipinski definition) is 6. The Morgan fingerprint density at radius 2 is 1.58 bits per heavy atom. The van der Waals surface area contributed by atoms with Crippen LogP contribution >= 0.6 is 0 Å². The second-order valence-electron chi connectivity index (χ2n) is 7.63. The van der Waals surface area contributed by atoms with E-state index >= 15 is 0 Å². The third kappa shape index (κ3) is 7.04. The molecule has 12 nitrogen and oxygen atoms in total. The van der Waals surface area contributed by atoms with Gasteiger partial charge in [0.15, 0.2) is 0 Å². The third-order valence-electron chi connectivity index (χ3n) is 4.94. The van der Waals surface area contributed by atoms with Crippen LogP contribution in [0.2, 0.25) is 0 Å². The lowest BCUT2D eigenvalue weighted by molar-refractivity contribution is -0.141.